The van der Waals surface area contributed by atoms with Crippen LogP contribution in [0.1, 0.15) is 5.56 Å². The summed E-state index contributed by atoms with van der Waals surface area (Å²) in [6.07, 6.45) is 2.80. The van der Waals surface area contributed by atoms with E-state index < -0.39 is 10.9 Å². The number of methoxy groups -OCH3 is 1. The number of ether oxygens (including phenoxy) is 1. The van der Waals surface area contributed by atoms with Gasteiger partial charge in [0.2, 0.25) is 5.91 Å². The highest BCUT2D eigenvalue weighted by Crippen LogP contribution is 2.12. The second kappa shape index (κ2) is 7.03. The maximum atomic E-state index is 11.7. The number of non-ortho nitro benzene ring substituents is 1. The quantitative estimate of drug-likeness (QED) is 0.350. The van der Waals surface area contributed by atoms with Gasteiger partial charge in [-0.05, 0) is 23.8 Å². The summed E-state index contributed by atoms with van der Waals surface area (Å²) in [4.78, 5) is 33.9. The number of hydrogen-bond acceptors (Lipinski definition) is 5. The number of carbonyl (C=O) groups is 2. The lowest BCUT2D eigenvalue weighted by atomic mass is 10.2. The van der Waals surface area contributed by atoms with Crippen molar-refractivity contribution in [2.24, 2.45) is 0 Å². The van der Waals surface area contributed by atoms with Gasteiger partial charge in [0, 0.05) is 25.3 Å². The van der Waals surface area contributed by atoms with Gasteiger partial charge in [-0.15, -0.1) is 0 Å². The average molecular weight is 278 g/mol. The monoisotopic (exact) mass is 278 g/mol. The van der Waals surface area contributed by atoms with Gasteiger partial charge in [0.05, 0.1) is 12.0 Å². The Morgan fingerprint density at radius 2 is 1.95 bits per heavy atom. The fourth-order valence-electron chi connectivity index (χ4n) is 1.34. The molecule has 0 N–H and O–H groups in total. The highest BCUT2D eigenvalue weighted by atomic mass is 16.6. The average Bonchev–Trinajstić information content (AvgIpc) is 2.44. The largest absolute Gasteiger partial charge is 0.468 e. The number of nitro groups is 1. The maximum Gasteiger partial charge on any atom is 0.325 e. The molecule has 7 nitrogen and oxygen atoms in total. The van der Waals surface area contributed by atoms with E-state index in [0.29, 0.717) is 5.56 Å². The molecule has 1 aromatic rings. The van der Waals surface area contributed by atoms with Gasteiger partial charge in [-0.3, -0.25) is 19.7 Å². The molecule has 0 aromatic heterocycles. The van der Waals surface area contributed by atoms with E-state index in [1.165, 1.54) is 55.5 Å². The fourth-order valence-corrected chi connectivity index (χ4v) is 1.34. The van der Waals surface area contributed by atoms with Crippen LogP contribution in [-0.4, -0.2) is 42.4 Å². The lowest BCUT2D eigenvalue weighted by molar-refractivity contribution is -0.384. The molecule has 7 heteroatoms. The second-order valence-electron chi connectivity index (χ2n) is 3.95. The molecule has 0 aliphatic heterocycles. The lowest BCUT2D eigenvalue weighted by Crippen LogP contribution is -2.31. The Hall–Kier alpha value is -2.70. The van der Waals surface area contributed by atoms with E-state index in [-0.39, 0.29) is 18.1 Å². The van der Waals surface area contributed by atoms with Crippen LogP contribution >= 0.6 is 0 Å². The number of hydrogen-bond donors (Lipinski definition) is 0. The molecule has 0 radical (unpaired) electrons. The lowest BCUT2D eigenvalue weighted by Gasteiger charge is -2.12. The van der Waals surface area contributed by atoms with E-state index in [2.05, 4.69) is 4.74 Å². The Morgan fingerprint density at radius 3 is 2.45 bits per heavy atom. The van der Waals surface area contributed by atoms with Gasteiger partial charge >= 0.3 is 5.97 Å². The minimum Gasteiger partial charge on any atom is -0.468 e. The van der Waals surface area contributed by atoms with Crippen LogP contribution in [0, 0.1) is 10.1 Å². The highest BCUT2D eigenvalue weighted by Gasteiger charge is 2.10. The van der Waals surface area contributed by atoms with E-state index in [1.807, 2.05) is 0 Å². The third-order valence-electron chi connectivity index (χ3n) is 2.49. The molecule has 106 valence electrons. The molecule has 0 fully saturated rings. The molecule has 1 rings (SSSR count). The van der Waals surface area contributed by atoms with Crippen LogP contribution in [0.3, 0.4) is 0 Å². The van der Waals surface area contributed by atoms with Crippen LogP contribution in [0.25, 0.3) is 6.08 Å². The molecule has 0 aliphatic carbocycles. The Morgan fingerprint density at radius 1 is 1.35 bits per heavy atom. The van der Waals surface area contributed by atoms with Gasteiger partial charge in [-0.25, -0.2) is 0 Å². The predicted molar refractivity (Wildman–Crippen MR) is 71.8 cm³/mol. The van der Waals surface area contributed by atoms with Crippen LogP contribution in [0.2, 0.25) is 0 Å². The van der Waals surface area contributed by atoms with Crippen molar-refractivity contribution >= 4 is 23.6 Å². The Labute approximate surface area is 115 Å². The summed E-state index contributed by atoms with van der Waals surface area (Å²) in [7, 11) is 2.72. The van der Waals surface area contributed by atoms with Gasteiger partial charge in [-0.2, -0.15) is 0 Å². The summed E-state index contributed by atoms with van der Waals surface area (Å²) in [5, 5.41) is 10.5. The molecular weight excluding hydrogens is 264 g/mol. The molecular formula is C13H14N2O5. The van der Waals surface area contributed by atoms with Gasteiger partial charge in [0.25, 0.3) is 5.69 Å². The van der Waals surface area contributed by atoms with Crippen molar-refractivity contribution in [3.05, 3.63) is 46.0 Å². The van der Waals surface area contributed by atoms with Gasteiger partial charge < -0.3 is 9.64 Å². The third kappa shape index (κ3) is 4.52. The van der Waals surface area contributed by atoms with Crippen molar-refractivity contribution in [1.82, 2.24) is 4.90 Å². The minimum atomic E-state index is -0.510. The third-order valence-corrected chi connectivity index (χ3v) is 2.49. The summed E-state index contributed by atoms with van der Waals surface area (Å²) >= 11 is 0. The first-order chi connectivity index (χ1) is 9.43. The number of amides is 1. The first-order valence-corrected chi connectivity index (χ1v) is 5.68. The first kappa shape index (κ1) is 15.4. The number of esters is 1. The van der Waals surface area contributed by atoms with E-state index in [1.54, 1.807) is 0 Å². The van der Waals surface area contributed by atoms with Crippen molar-refractivity contribution < 1.29 is 19.2 Å². The summed E-state index contributed by atoms with van der Waals surface area (Å²) < 4.78 is 4.45. The van der Waals surface area contributed by atoms with Gasteiger partial charge in [0.15, 0.2) is 0 Å². The molecule has 1 aromatic carbocycles. The number of nitrogens with zero attached hydrogens (tertiary/aromatic N) is 2. The van der Waals surface area contributed by atoms with E-state index in [0.717, 1.165) is 0 Å². The van der Waals surface area contributed by atoms with Gasteiger partial charge in [-0.1, -0.05) is 0 Å². The molecule has 1 amide bonds. The first-order valence-electron chi connectivity index (χ1n) is 5.68. The zero-order chi connectivity index (χ0) is 15.1. The highest BCUT2D eigenvalue weighted by molar-refractivity contribution is 5.93. The predicted octanol–water partition coefficient (Wildman–Crippen LogP) is 1.24. The molecule has 0 atom stereocenters. The molecule has 0 aliphatic rings. The number of carbonyl (C=O) groups excluding carboxylic acids is 2. The molecule has 0 heterocycles. The number of likely N-dealkylation sites (N-methyl/N-ethyl adjacent to an activating group) is 1. The SMILES string of the molecule is COC(=O)CN(C)C(=O)/C=C/c1ccc([N+](=O)[O-])cc1. The molecule has 20 heavy (non-hydrogen) atoms. The van der Waals surface area contributed by atoms with E-state index in [4.69, 9.17) is 0 Å². The molecule has 0 saturated carbocycles. The van der Waals surface area contributed by atoms with Crippen molar-refractivity contribution in [3.8, 4) is 0 Å². The zero-order valence-electron chi connectivity index (χ0n) is 11.1. The second-order valence-corrected chi connectivity index (χ2v) is 3.95. The van der Waals surface area contributed by atoms with E-state index >= 15 is 0 Å². The van der Waals surface area contributed by atoms with Crippen LogP contribution in [-0.2, 0) is 14.3 Å². The molecule has 0 bridgehead atoms. The minimum absolute atomic E-state index is 0.0173. The number of rotatable bonds is 5. The Kier molecular flexibility index (Phi) is 5.40. The fraction of sp³-hybridized carbons (Fsp3) is 0.231. The maximum absolute atomic E-state index is 11.7. The van der Waals surface area contributed by atoms with Crippen LogP contribution in [0.5, 0.6) is 0 Å². The Bertz CT molecular complexity index is 536. The summed E-state index contributed by atoms with van der Waals surface area (Å²) in [5.74, 6) is -0.877. The van der Waals surface area contributed by atoms with Crippen molar-refractivity contribution in [2.75, 3.05) is 20.7 Å². The standard InChI is InChI=1S/C13H14N2O5/c1-14(9-13(17)20-2)12(16)8-5-10-3-6-11(7-4-10)15(18)19/h3-8H,9H2,1-2H3/b8-5+. The van der Waals surface area contributed by atoms with Crippen molar-refractivity contribution in [2.45, 2.75) is 0 Å². The van der Waals surface area contributed by atoms with Crippen molar-refractivity contribution in [1.29, 1.82) is 0 Å². The normalized spacial score (nSPS) is 10.3. The van der Waals surface area contributed by atoms with Crippen molar-refractivity contribution in [3.63, 3.8) is 0 Å². The van der Waals surface area contributed by atoms with E-state index in [9.17, 15) is 19.7 Å². The van der Waals surface area contributed by atoms with Crippen LogP contribution < -0.4 is 0 Å². The zero-order valence-corrected chi connectivity index (χ0v) is 11.1. The van der Waals surface area contributed by atoms with Crippen LogP contribution in [0.4, 0.5) is 5.69 Å². The summed E-state index contributed by atoms with van der Waals surface area (Å²) in [6.45, 7) is -0.139. The van der Waals surface area contributed by atoms with Crippen LogP contribution in [0.15, 0.2) is 30.3 Å². The molecule has 0 unspecified atom stereocenters. The molecule has 0 saturated heterocycles. The topological polar surface area (TPSA) is 89.8 Å². The number of nitro benzene ring substituents is 1. The van der Waals surface area contributed by atoms with Gasteiger partial charge in [0.1, 0.15) is 6.54 Å². The summed E-state index contributed by atoms with van der Waals surface area (Å²) in [5.41, 5.74) is 0.631. The summed E-state index contributed by atoms with van der Waals surface area (Å²) in [6, 6.07) is 5.76. The Balaban J connectivity index is 2.65. The molecule has 0 spiro atoms. The smallest absolute Gasteiger partial charge is 0.325 e. The number of benzene rings is 1.